The Morgan fingerprint density at radius 2 is 1.57 bits per heavy atom. The summed E-state index contributed by atoms with van der Waals surface area (Å²) in [7, 11) is 0. The van der Waals surface area contributed by atoms with Crippen LogP contribution in [0.15, 0.2) is 82.4 Å². The fourth-order valence-electron chi connectivity index (χ4n) is 3.47. The zero-order chi connectivity index (χ0) is 21.3. The Morgan fingerprint density at radius 3 is 2.23 bits per heavy atom. The van der Waals surface area contributed by atoms with Crippen molar-refractivity contribution in [2.45, 2.75) is 19.9 Å². The first kappa shape index (κ1) is 19.5. The van der Waals surface area contributed by atoms with Crippen molar-refractivity contribution in [2.24, 2.45) is 0 Å². The lowest BCUT2D eigenvalue weighted by atomic mass is 10.1. The minimum atomic E-state index is -0.515. The average Bonchev–Trinajstić information content (AvgIpc) is 2.78. The maximum atomic E-state index is 13.3. The Hall–Kier alpha value is -3.80. The number of carbonyl (C=O) groups excluding carboxylic acids is 1. The molecule has 6 heteroatoms. The van der Waals surface area contributed by atoms with Crippen LogP contribution >= 0.6 is 0 Å². The lowest BCUT2D eigenvalue weighted by molar-refractivity contribution is 0.0988. The van der Waals surface area contributed by atoms with Crippen LogP contribution < -0.4 is 11.2 Å². The van der Waals surface area contributed by atoms with Crippen LogP contribution in [0.25, 0.3) is 16.6 Å². The molecule has 0 atom stereocenters. The molecule has 0 fully saturated rings. The van der Waals surface area contributed by atoms with Gasteiger partial charge in [-0.15, -0.1) is 0 Å². The van der Waals surface area contributed by atoms with Gasteiger partial charge in [0.1, 0.15) is 5.82 Å². The third-order valence-corrected chi connectivity index (χ3v) is 5.07. The number of para-hydroxylation sites is 1. The monoisotopic (exact) mass is 402 g/mol. The molecular weight excluding hydrogens is 383 g/mol. The molecule has 0 aliphatic carbocycles. The molecule has 3 aromatic carbocycles. The van der Waals surface area contributed by atoms with E-state index in [1.165, 1.54) is 28.8 Å². The summed E-state index contributed by atoms with van der Waals surface area (Å²) < 4.78 is 15.9. The molecule has 1 heterocycles. The van der Waals surface area contributed by atoms with Crippen molar-refractivity contribution in [1.82, 2.24) is 9.13 Å². The fraction of sp³-hybridized carbons (Fsp3) is 0.125. The van der Waals surface area contributed by atoms with Crippen LogP contribution in [0.1, 0.15) is 29.3 Å². The molecule has 0 N–H and O–H groups in total. The summed E-state index contributed by atoms with van der Waals surface area (Å²) >= 11 is 0. The summed E-state index contributed by atoms with van der Waals surface area (Å²) in [6.45, 7) is 2.03. The van der Waals surface area contributed by atoms with E-state index < -0.39 is 17.1 Å². The van der Waals surface area contributed by atoms with Crippen LogP contribution in [0.4, 0.5) is 4.39 Å². The van der Waals surface area contributed by atoms with Crippen LogP contribution in [0.5, 0.6) is 0 Å². The molecule has 0 aliphatic rings. The number of halogens is 1. The van der Waals surface area contributed by atoms with Gasteiger partial charge in [-0.1, -0.05) is 43.3 Å². The number of aromatic nitrogens is 2. The highest BCUT2D eigenvalue weighted by molar-refractivity contribution is 5.95. The average molecular weight is 402 g/mol. The summed E-state index contributed by atoms with van der Waals surface area (Å²) in [4.78, 5) is 38.2. The Morgan fingerprint density at radius 1 is 0.900 bits per heavy atom. The van der Waals surface area contributed by atoms with Gasteiger partial charge >= 0.3 is 5.69 Å². The van der Waals surface area contributed by atoms with E-state index in [2.05, 4.69) is 0 Å². The maximum Gasteiger partial charge on any atom is 0.336 e. The van der Waals surface area contributed by atoms with Crippen LogP contribution in [0.3, 0.4) is 0 Å². The van der Waals surface area contributed by atoms with Gasteiger partial charge in [-0.3, -0.25) is 14.2 Å². The van der Waals surface area contributed by atoms with Gasteiger partial charge in [0, 0.05) is 12.0 Å². The van der Waals surface area contributed by atoms with Crippen molar-refractivity contribution < 1.29 is 9.18 Å². The van der Waals surface area contributed by atoms with E-state index >= 15 is 0 Å². The van der Waals surface area contributed by atoms with Gasteiger partial charge in [-0.25, -0.2) is 13.8 Å². The van der Waals surface area contributed by atoms with Crippen LogP contribution in [-0.2, 0) is 6.54 Å². The molecule has 0 aliphatic heterocycles. The number of rotatable bonds is 5. The summed E-state index contributed by atoms with van der Waals surface area (Å²) in [5, 5.41) is 0.388. The van der Waals surface area contributed by atoms with Gasteiger partial charge < -0.3 is 0 Å². The zero-order valence-corrected chi connectivity index (χ0v) is 16.3. The number of fused-ring (bicyclic) bond motifs is 1. The van der Waals surface area contributed by atoms with E-state index in [-0.39, 0.29) is 12.3 Å². The van der Waals surface area contributed by atoms with Crippen molar-refractivity contribution >= 4 is 16.7 Å². The number of hydrogen-bond acceptors (Lipinski definition) is 3. The van der Waals surface area contributed by atoms with Crippen molar-refractivity contribution in [3.8, 4) is 5.69 Å². The Balaban J connectivity index is 1.89. The Labute approximate surface area is 171 Å². The molecular formula is C24H19FN2O3. The van der Waals surface area contributed by atoms with Crippen LogP contribution in [-0.4, -0.2) is 14.9 Å². The van der Waals surface area contributed by atoms with E-state index in [1.54, 1.807) is 55.5 Å². The molecule has 1 aromatic heterocycles. The maximum absolute atomic E-state index is 13.3. The SMILES string of the molecule is CCC(=O)c1ccc(Cn2c(=O)n(-c3ccc(F)cc3)c(=O)c3ccccc32)cc1. The number of Topliss-reactive ketones (excluding diaryl/α,β-unsaturated/α-hetero) is 1. The van der Waals surface area contributed by atoms with Crippen molar-refractivity contribution in [3.63, 3.8) is 0 Å². The van der Waals surface area contributed by atoms with Gasteiger partial charge in [0.05, 0.1) is 23.1 Å². The number of hydrogen-bond donors (Lipinski definition) is 0. The number of ketones is 1. The molecule has 0 spiro atoms. The number of benzene rings is 3. The van der Waals surface area contributed by atoms with Gasteiger partial charge in [-0.05, 0) is 42.0 Å². The van der Waals surface area contributed by atoms with Crippen LogP contribution in [0.2, 0.25) is 0 Å². The highest BCUT2D eigenvalue weighted by atomic mass is 19.1. The fourth-order valence-corrected chi connectivity index (χ4v) is 3.47. The first-order chi connectivity index (χ1) is 14.5. The second-order valence-corrected chi connectivity index (χ2v) is 6.98. The van der Waals surface area contributed by atoms with E-state index in [0.717, 1.165) is 10.1 Å². The van der Waals surface area contributed by atoms with Crippen molar-refractivity contribution in [2.75, 3.05) is 0 Å². The molecule has 0 saturated carbocycles. The molecule has 0 radical (unpaired) electrons. The van der Waals surface area contributed by atoms with Crippen molar-refractivity contribution in [3.05, 3.63) is 111 Å². The largest absolute Gasteiger partial charge is 0.336 e. The number of carbonyl (C=O) groups is 1. The molecule has 150 valence electrons. The molecule has 0 unspecified atom stereocenters. The predicted octanol–water partition coefficient (Wildman–Crippen LogP) is 3.93. The lowest BCUT2D eigenvalue weighted by Crippen LogP contribution is -2.39. The van der Waals surface area contributed by atoms with Crippen molar-refractivity contribution in [1.29, 1.82) is 0 Å². The summed E-state index contributed by atoms with van der Waals surface area (Å²) in [6, 6.07) is 19.2. The van der Waals surface area contributed by atoms with Gasteiger partial charge in [0.2, 0.25) is 0 Å². The summed E-state index contributed by atoms with van der Waals surface area (Å²) in [5.41, 5.74) is 1.28. The highest BCUT2D eigenvalue weighted by Crippen LogP contribution is 2.14. The molecule has 0 amide bonds. The second kappa shape index (κ2) is 7.91. The lowest BCUT2D eigenvalue weighted by Gasteiger charge is -2.14. The second-order valence-electron chi connectivity index (χ2n) is 6.98. The quantitative estimate of drug-likeness (QED) is 0.475. The smallest absolute Gasteiger partial charge is 0.294 e. The molecule has 0 saturated heterocycles. The van der Waals surface area contributed by atoms with E-state index in [0.29, 0.717) is 28.6 Å². The Kier molecular flexibility index (Phi) is 5.14. The molecule has 5 nitrogen and oxygen atoms in total. The standard InChI is InChI=1S/C24H19FN2O3/c1-2-22(28)17-9-7-16(8-10-17)15-26-21-6-4-3-5-20(21)23(29)27(24(26)30)19-13-11-18(25)12-14-19/h3-14H,2,15H2,1H3. The van der Waals surface area contributed by atoms with Gasteiger partial charge in [0.15, 0.2) is 5.78 Å². The molecule has 30 heavy (non-hydrogen) atoms. The topological polar surface area (TPSA) is 61.1 Å². The first-order valence-corrected chi connectivity index (χ1v) is 9.62. The number of nitrogens with zero attached hydrogens (tertiary/aromatic N) is 2. The summed E-state index contributed by atoms with van der Waals surface area (Å²) in [5.74, 6) is -0.399. The molecule has 4 rings (SSSR count). The molecule has 0 bridgehead atoms. The minimum Gasteiger partial charge on any atom is -0.294 e. The third-order valence-electron chi connectivity index (χ3n) is 5.07. The zero-order valence-electron chi connectivity index (χ0n) is 16.3. The third kappa shape index (κ3) is 3.48. The Bertz CT molecular complexity index is 1350. The summed E-state index contributed by atoms with van der Waals surface area (Å²) in [6.07, 6.45) is 0.423. The van der Waals surface area contributed by atoms with Crippen LogP contribution in [0, 0.1) is 5.82 Å². The van der Waals surface area contributed by atoms with Gasteiger partial charge in [0.25, 0.3) is 5.56 Å². The minimum absolute atomic E-state index is 0.0500. The van der Waals surface area contributed by atoms with E-state index in [1.807, 2.05) is 0 Å². The van der Waals surface area contributed by atoms with Gasteiger partial charge in [-0.2, -0.15) is 0 Å². The van der Waals surface area contributed by atoms with E-state index in [9.17, 15) is 18.8 Å². The highest BCUT2D eigenvalue weighted by Gasteiger charge is 2.15. The normalized spacial score (nSPS) is 11.0. The first-order valence-electron chi connectivity index (χ1n) is 9.62. The van der Waals surface area contributed by atoms with E-state index in [4.69, 9.17) is 0 Å². The predicted molar refractivity (Wildman–Crippen MR) is 114 cm³/mol. The molecule has 4 aromatic rings.